The number of likely N-dealkylation sites (tertiary alicyclic amines) is 1. The maximum Gasteiger partial charge on any atom is 0.269 e. The van der Waals surface area contributed by atoms with E-state index in [0.717, 1.165) is 50.9 Å². The lowest BCUT2D eigenvalue weighted by molar-refractivity contribution is 0.0957. The van der Waals surface area contributed by atoms with E-state index in [1.165, 1.54) is 38.4 Å². The number of aromatic amines is 1. The zero-order valence-electron chi connectivity index (χ0n) is 22.6. The van der Waals surface area contributed by atoms with Gasteiger partial charge in [0.2, 0.25) is 5.95 Å². The molecule has 0 radical (unpaired) electrons. The summed E-state index contributed by atoms with van der Waals surface area (Å²) < 4.78 is 28.4. The van der Waals surface area contributed by atoms with E-state index < -0.39 is 17.7 Å². The van der Waals surface area contributed by atoms with Gasteiger partial charge >= 0.3 is 0 Å². The third-order valence-electron chi connectivity index (χ3n) is 9.84. The number of amides is 1. The quantitative estimate of drug-likeness (QED) is 0.474. The number of hydrogen-bond acceptors (Lipinski definition) is 6. The predicted molar refractivity (Wildman–Crippen MR) is 147 cm³/mol. The monoisotopic (exact) mass is 548 g/mol. The molecule has 40 heavy (non-hydrogen) atoms. The molecule has 2 aliphatic heterocycles. The minimum absolute atomic E-state index is 0.0887. The van der Waals surface area contributed by atoms with Crippen LogP contribution in [0.2, 0.25) is 0 Å². The minimum atomic E-state index is -0.591. The van der Waals surface area contributed by atoms with Crippen LogP contribution in [0.15, 0.2) is 35.1 Å². The van der Waals surface area contributed by atoms with Gasteiger partial charge in [0.05, 0.1) is 16.6 Å². The largest absolute Gasteiger partial charge is 0.367 e. The summed E-state index contributed by atoms with van der Waals surface area (Å²) in [7, 11) is 1.51. The second-order valence-corrected chi connectivity index (χ2v) is 12.4. The molecule has 210 valence electrons. The number of rotatable bonds is 5. The first-order chi connectivity index (χ1) is 19.3. The number of hydrogen-bond donors (Lipinski definition) is 2. The molecule has 0 spiro atoms. The molecule has 2 aromatic heterocycles. The number of halogens is 2. The molecule has 3 aromatic rings. The van der Waals surface area contributed by atoms with Gasteiger partial charge in [-0.15, -0.1) is 0 Å². The van der Waals surface area contributed by atoms with Crippen molar-refractivity contribution in [1.29, 1.82) is 0 Å². The fourth-order valence-electron chi connectivity index (χ4n) is 7.93. The second-order valence-electron chi connectivity index (χ2n) is 12.4. The van der Waals surface area contributed by atoms with Crippen molar-refractivity contribution < 1.29 is 13.6 Å². The fourth-order valence-corrected chi connectivity index (χ4v) is 7.93. The zero-order chi connectivity index (χ0) is 27.5. The first-order valence-electron chi connectivity index (χ1n) is 14.4. The van der Waals surface area contributed by atoms with Crippen molar-refractivity contribution in [3.8, 4) is 0 Å². The van der Waals surface area contributed by atoms with Gasteiger partial charge in [0.25, 0.3) is 11.5 Å². The number of aromatic nitrogens is 3. The number of benzene rings is 1. The first-order valence-corrected chi connectivity index (χ1v) is 14.4. The summed E-state index contributed by atoms with van der Waals surface area (Å²) in [6, 6.07) is 7.48. The zero-order valence-corrected chi connectivity index (χ0v) is 22.6. The average Bonchev–Trinajstić information content (AvgIpc) is 3.35. The standard InChI is InChI=1S/C30H34F2N6O2/c1-33-30(40)25-4-5-26(27(32)34-25)38-14-19-12-37(13-20(19)15-38)11-17-6-16-7-18(8-16)22(9-17)28-35-24-3-2-21(31)10-23(24)29(39)36-28/h2-5,10,16-20,22H,6-9,11-15H2,1H3,(H,33,40)(H,35,36,39)/t16?,17?,18?,19-,20+,22?. The molecule has 8 nitrogen and oxygen atoms in total. The van der Waals surface area contributed by atoms with Crippen molar-refractivity contribution in [3.05, 3.63) is 64.0 Å². The highest BCUT2D eigenvalue weighted by atomic mass is 19.1. The molecule has 10 heteroatoms. The highest BCUT2D eigenvalue weighted by Gasteiger charge is 2.45. The van der Waals surface area contributed by atoms with Crippen molar-refractivity contribution >= 4 is 22.5 Å². The van der Waals surface area contributed by atoms with E-state index in [9.17, 15) is 18.4 Å². The van der Waals surface area contributed by atoms with Crippen LogP contribution in [-0.4, -0.2) is 65.5 Å². The summed E-state index contributed by atoms with van der Waals surface area (Å²) >= 11 is 0. The molecule has 2 unspecified atom stereocenters. The van der Waals surface area contributed by atoms with Crippen molar-refractivity contribution in [2.45, 2.75) is 31.6 Å². The van der Waals surface area contributed by atoms with E-state index in [0.29, 0.717) is 40.3 Å². The number of nitrogens with one attached hydrogen (secondary N) is 2. The van der Waals surface area contributed by atoms with Gasteiger partial charge in [0, 0.05) is 45.7 Å². The van der Waals surface area contributed by atoms with Crippen LogP contribution in [0.3, 0.4) is 0 Å². The van der Waals surface area contributed by atoms with Crippen LogP contribution >= 0.6 is 0 Å². The molecule has 2 saturated heterocycles. The minimum Gasteiger partial charge on any atom is -0.367 e. The third kappa shape index (κ3) is 4.56. The molecule has 1 amide bonds. The van der Waals surface area contributed by atoms with Crippen molar-refractivity contribution in [1.82, 2.24) is 25.2 Å². The van der Waals surface area contributed by atoms with E-state index in [4.69, 9.17) is 4.98 Å². The van der Waals surface area contributed by atoms with Gasteiger partial charge in [-0.3, -0.25) is 9.59 Å². The Morgan fingerprint density at radius 1 is 1.00 bits per heavy atom. The summed E-state index contributed by atoms with van der Waals surface area (Å²) in [5.41, 5.74) is 0.858. The summed E-state index contributed by atoms with van der Waals surface area (Å²) in [6.07, 6.45) is 4.58. The summed E-state index contributed by atoms with van der Waals surface area (Å²) in [5.74, 6) is 2.34. The number of pyridine rings is 1. The number of H-pyrrole nitrogens is 1. The van der Waals surface area contributed by atoms with E-state index in [1.807, 2.05) is 0 Å². The Hall–Kier alpha value is -3.40. The van der Waals surface area contributed by atoms with E-state index in [-0.39, 0.29) is 17.2 Å². The third-order valence-corrected chi connectivity index (χ3v) is 9.84. The van der Waals surface area contributed by atoms with Crippen molar-refractivity contribution in [3.63, 3.8) is 0 Å². The van der Waals surface area contributed by atoms with Crippen LogP contribution in [0.25, 0.3) is 10.9 Å². The normalized spacial score (nSPS) is 29.7. The Morgan fingerprint density at radius 3 is 2.50 bits per heavy atom. The number of fused-ring (bicyclic) bond motifs is 5. The average molecular weight is 549 g/mol. The van der Waals surface area contributed by atoms with Crippen LogP contribution in [0.1, 0.15) is 47.9 Å². The predicted octanol–water partition coefficient (Wildman–Crippen LogP) is 3.54. The fraction of sp³-hybridized carbons (Fsp3) is 0.533. The van der Waals surface area contributed by atoms with E-state index in [1.54, 1.807) is 18.2 Å². The molecule has 4 heterocycles. The van der Waals surface area contributed by atoms with Gasteiger partial charge in [-0.05, 0) is 85.6 Å². The summed E-state index contributed by atoms with van der Waals surface area (Å²) in [4.78, 5) is 40.9. The maximum absolute atomic E-state index is 14.8. The molecule has 5 aliphatic rings. The topological polar surface area (TPSA) is 94.2 Å². The molecule has 2 bridgehead atoms. The summed E-state index contributed by atoms with van der Waals surface area (Å²) in [5, 5.41) is 2.78. The number of anilines is 1. The Balaban J connectivity index is 1.01. The lowest BCUT2D eigenvalue weighted by Gasteiger charge is -2.36. The molecule has 2 N–H and O–H groups in total. The number of carbonyl (C=O) groups is 1. The van der Waals surface area contributed by atoms with Gasteiger partial charge in [0.1, 0.15) is 17.3 Å². The highest BCUT2D eigenvalue weighted by Crippen LogP contribution is 2.52. The SMILES string of the molecule is CNC(=O)c1ccc(N2C[C@H]3CN(CC4CC5CC(C5)C(c5nc6ccc(F)cc6c(=O)[nH]5)C4)C[C@H]3C2)c(F)n1. The molecule has 8 rings (SSSR count). The lowest BCUT2D eigenvalue weighted by Crippen LogP contribution is -2.33. The van der Waals surface area contributed by atoms with Crippen LogP contribution in [-0.2, 0) is 0 Å². The molecule has 3 saturated carbocycles. The Kier molecular flexibility index (Phi) is 6.33. The van der Waals surface area contributed by atoms with Crippen LogP contribution in [0.4, 0.5) is 14.5 Å². The lowest BCUT2D eigenvalue weighted by atomic mass is 9.69. The smallest absolute Gasteiger partial charge is 0.269 e. The summed E-state index contributed by atoms with van der Waals surface area (Å²) in [6.45, 7) is 4.61. The van der Waals surface area contributed by atoms with Gasteiger partial charge in [-0.2, -0.15) is 4.39 Å². The Morgan fingerprint density at radius 2 is 1.77 bits per heavy atom. The van der Waals surface area contributed by atoms with E-state index >= 15 is 0 Å². The number of nitrogens with zero attached hydrogens (tertiary/aromatic N) is 4. The Bertz CT molecular complexity index is 1510. The van der Waals surface area contributed by atoms with Crippen LogP contribution in [0, 0.1) is 41.4 Å². The Labute approximate surface area is 231 Å². The van der Waals surface area contributed by atoms with Gasteiger partial charge in [-0.25, -0.2) is 14.4 Å². The molecule has 3 aliphatic carbocycles. The number of carbonyl (C=O) groups excluding carboxylic acids is 1. The molecule has 4 atom stereocenters. The first kappa shape index (κ1) is 25.6. The van der Waals surface area contributed by atoms with Crippen molar-refractivity contribution in [2.75, 3.05) is 44.7 Å². The van der Waals surface area contributed by atoms with Gasteiger partial charge in [-0.1, -0.05) is 0 Å². The van der Waals surface area contributed by atoms with Crippen LogP contribution < -0.4 is 15.8 Å². The molecule has 1 aromatic carbocycles. The second kappa shape index (κ2) is 9.90. The molecule has 5 fully saturated rings. The maximum atomic E-state index is 14.8. The molecular weight excluding hydrogens is 514 g/mol. The van der Waals surface area contributed by atoms with Crippen LogP contribution in [0.5, 0.6) is 0 Å². The highest BCUT2D eigenvalue weighted by molar-refractivity contribution is 5.92. The van der Waals surface area contributed by atoms with Gasteiger partial charge in [0.15, 0.2) is 0 Å². The van der Waals surface area contributed by atoms with Gasteiger partial charge < -0.3 is 20.1 Å². The van der Waals surface area contributed by atoms with Crippen molar-refractivity contribution in [2.24, 2.45) is 29.6 Å². The molecular formula is C30H34F2N6O2. The van der Waals surface area contributed by atoms with E-state index in [2.05, 4.69) is 25.1 Å².